The summed E-state index contributed by atoms with van der Waals surface area (Å²) in [4.78, 5) is 27.1. The van der Waals surface area contributed by atoms with E-state index in [-0.39, 0.29) is 24.3 Å². The number of hydrogen-bond donors (Lipinski definition) is 1. The summed E-state index contributed by atoms with van der Waals surface area (Å²) in [6.07, 6.45) is 4.96. The van der Waals surface area contributed by atoms with Gasteiger partial charge in [-0.25, -0.2) is 0 Å². The first-order valence-electron chi connectivity index (χ1n) is 9.79. The van der Waals surface area contributed by atoms with Gasteiger partial charge in [-0.1, -0.05) is 23.2 Å². The van der Waals surface area contributed by atoms with Crippen LogP contribution in [0.1, 0.15) is 38.5 Å². The summed E-state index contributed by atoms with van der Waals surface area (Å²) in [6.45, 7) is 2.24. The van der Waals surface area contributed by atoms with Crippen LogP contribution in [0, 0.1) is 0 Å². The Morgan fingerprint density at radius 1 is 1.18 bits per heavy atom. The summed E-state index contributed by atoms with van der Waals surface area (Å²) in [5.41, 5.74) is 0.567. The van der Waals surface area contributed by atoms with E-state index in [0.717, 1.165) is 32.3 Å². The van der Waals surface area contributed by atoms with E-state index in [1.54, 1.807) is 23.1 Å². The van der Waals surface area contributed by atoms with Crippen LogP contribution in [0.15, 0.2) is 18.2 Å². The summed E-state index contributed by atoms with van der Waals surface area (Å²) < 4.78 is 11.1. The topological polar surface area (TPSA) is 67.9 Å². The molecule has 2 aliphatic rings. The Kier molecular flexibility index (Phi) is 7.97. The van der Waals surface area contributed by atoms with Crippen LogP contribution in [-0.4, -0.2) is 55.2 Å². The van der Waals surface area contributed by atoms with E-state index >= 15 is 0 Å². The summed E-state index contributed by atoms with van der Waals surface area (Å²) >= 11 is 11.9. The molecular formula is C20H26Cl2N2O4. The molecule has 6 nitrogen and oxygen atoms in total. The number of ether oxygens (including phenoxy) is 2. The van der Waals surface area contributed by atoms with E-state index in [1.165, 1.54) is 0 Å². The number of hydrogen-bond acceptors (Lipinski definition) is 4. The predicted molar refractivity (Wildman–Crippen MR) is 109 cm³/mol. The zero-order valence-electron chi connectivity index (χ0n) is 15.8. The van der Waals surface area contributed by atoms with Crippen LogP contribution in [0.3, 0.4) is 0 Å². The lowest BCUT2D eigenvalue weighted by atomic mass is 10.0. The number of piperidine rings is 1. The molecule has 0 radical (unpaired) electrons. The van der Waals surface area contributed by atoms with Gasteiger partial charge in [0.2, 0.25) is 11.8 Å². The number of amides is 2. The lowest BCUT2D eigenvalue weighted by Gasteiger charge is -2.34. The molecular weight excluding hydrogens is 403 g/mol. The molecule has 2 unspecified atom stereocenters. The van der Waals surface area contributed by atoms with Crippen molar-refractivity contribution in [1.29, 1.82) is 0 Å². The van der Waals surface area contributed by atoms with Crippen LogP contribution in [0.5, 0.6) is 0 Å². The molecule has 1 aromatic carbocycles. The van der Waals surface area contributed by atoms with Crippen LogP contribution < -0.4 is 5.32 Å². The van der Waals surface area contributed by atoms with Gasteiger partial charge in [-0.2, -0.15) is 0 Å². The first kappa shape index (κ1) is 21.4. The second-order valence-electron chi connectivity index (χ2n) is 7.18. The smallest absolute Gasteiger partial charge is 0.247 e. The molecule has 0 spiro atoms. The van der Waals surface area contributed by atoms with Crippen molar-refractivity contribution < 1.29 is 19.1 Å². The summed E-state index contributed by atoms with van der Waals surface area (Å²) in [7, 11) is 0. The minimum absolute atomic E-state index is 0.0543. The first-order chi connectivity index (χ1) is 13.5. The third-order valence-corrected chi connectivity index (χ3v) is 5.84. The van der Waals surface area contributed by atoms with E-state index in [1.807, 2.05) is 0 Å². The standard InChI is InChI=1S/C20H26Cl2N2O4/c21-16-7-6-14(12-17(16)22)23-20(26)18-5-1-2-9-24(18)19(25)8-11-27-13-15-4-3-10-28-15/h6-7,12,15,18H,1-5,8-11,13H2,(H,23,26). The fourth-order valence-electron chi connectivity index (χ4n) is 3.60. The average Bonchev–Trinajstić information content (AvgIpc) is 3.21. The third-order valence-electron chi connectivity index (χ3n) is 5.10. The van der Waals surface area contributed by atoms with Gasteiger partial charge in [-0.05, 0) is 50.3 Å². The van der Waals surface area contributed by atoms with Crippen LogP contribution >= 0.6 is 23.2 Å². The summed E-state index contributed by atoms with van der Waals surface area (Å²) in [6, 6.07) is 4.46. The second kappa shape index (κ2) is 10.4. The number of benzene rings is 1. The zero-order valence-corrected chi connectivity index (χ0v) is 17.3. The van der Waals surface area contributed by atoms with Crippen LogP contribution in [0.4, 0.5) is 5.69 Å². The Bertz CT molecular complexity index is 695. The van der Waals surface area contributed by atoms with E-state index in [9.17, 15) is 9.59 Å². The van der Waals surface area contributed by atoms with E-state index in [4.69, 9.17) is 32.7 Å². The number of nitrogens with one attached hydrogen (secondary N) is 1. The Balaban J connectivity index is 1.50. The molecule has 3 rings (SSSR count). The number of carbonyl (C=O) groups excluding carboxylic acids is 2. The minimum atomic E-state index is -0.478. The fourth-order valence-corrected chi connectivity index (χ4v) is 3.89. The number of anilines is 1. The molecule has 1 aromatic rings. The number of halogens is 2. The monoisotopic (exact) mass is 428 g/mol. The highest BCUT2D eigenvalue weighted by Gasteiger charge is 2.32. The van der Waals surface area contributed by atoms with Gasteiger partial charge in [0, 0.05) is 18.8 Å². The Labute approximate surface area is 175 Å². The lowest BCUT2D eigenvalue weighted by Crippen LogP contribution is -2.50. The number of nitrogens with zero attached hydrogens (tertiary/aromatic N) is 1. The van der Waals surface area contributed by atoms with E-state index in [2.05, 4.69) is 5.32 Å². The van der Waals surface area contributed by atoms with Crippen LogP contribution in [-0.2, 0) is 19.1 Å². The number of carbonyl (C=O) groups is 2. The lowest BCUT2D eigenvalue weighted by molar-refractivity contribution is -0.141. The number of likely N-dealkylation sites (tertiary alicyclic amines) is 1. The van der Waals surface area contributed by atoms with Gasteiger partial charge in [0.25, 0.3) is 0 Å². The Morgan fingerprint density at radius 3 is 2.79 bits per heavy atom. The van der Waals surface area contributed by atoms with Crippen LogP contribution in [0.2, 0.25) is 10.0 Å². The van der Waals surface area contributed by atoms with Crippen molar-refractivity contribution in [2.24, 2.45) is 0 Å². The van der Waals surface area contributed by atoms with Gasteiger partial charge in [0.15, 0.2) is 0 Å². The van der Waals surface area contributed by atoms with Gasteiger partial charge in [0.05, 0.1) is 35.8 Å². The molecule has 0 aliphatic carbocycles. The molecule has 2 amide bonds. The van der Waals surface area contributed by atoms with Crippen molar-refractivity contribution in [2.45, 2.75) is 50.7 Å². The molecule has 28 heavy (non-hydrogen) atoms. The zero-order chi connectivity index (χ0) is 19.9. The molecule has 8 heteroatoms. The molecule has 2 fully saturated rings. The highest BCUT2D eigenvalue weighted by molar-refractivity contribution is 6.42. The first-order valence-corrected chi connectivity index (χ1v) is 10.5. The molecule has 2 heterocycles. The molecule has 2 saturated heterocycles. The van der Waals surface area contributed by atoms with Gasteiger partial charge in [0.1, 0.15) is 6.04 Å². The molecule has 1 N–H and O–H groups in total. The maximum atomic E-state index is 12.8. The van der Waals surface area contributed by atoms with Crippen molar-refractivity contribution in [3.05, 3.63) is 28.2 Å². The third kappa shape index (κ3) is 5.83. The fraction of sp³-hybridized carbons (Fsp3) is 0.600. The highest BCUT2D eigenvalue weighted by atomic mass is 35.5. The van der Waals surface area contributed by atoms with Gasteiger partial charge >= 0.3 is 0 Å². The highest BCUT2D eigenvalue weighted by Crippen LogP contribution is 2.26. The molecule has 0 aromatic heterocycles. The van der Waals surface area contributed by atoms with Gasteiger partial charge in [-0.3, -0.25) is 9.59 Å². The second-order valence-corrected chi connectivity index (χ2v) is 7.99. The Hall–Kier alpha value is -1.34. The molecule has 0 saturated carbocycles. The Morgan fingerprint density at radius 2 is 2.04 bits per heavy atom. The average molecular weight is 429 g/mol. The van der Waals surface area contributed by atoms with E-state index < -0.39 is 6.04 Å². The molecule has 2 aliphatic heterocycles. The normalized spacial score (nSPS) is 22.3. The largest absolute Gasteiger partial charge is 0.378 e. The summed E-state index contributed by atoms with van der Waals surface area (Å²) in [5, 5.41) is 3.65. The van der Waals surface area contributed by atoms with Crippen LogP contribution in [0.25, 0.3) is 0 Å². The van der Waals surface area contributed by atoms with Crippen molar-refractivity contribution in [3.63, 3.8) is 0 Å². The van der Waals surface area contributed by atoms with Gasteiger partial charge < -0.3 is 19.7 Å². The van der Waals surface area contributed by atoms with Gasteiger partial charge in [-0.15, -0.1) is 0 Å². The quantitative estimate of drug-likeness (QED) is 0.668. The van der Waals surface area contributed by atoms with Crippen molar-refractivity contribution in [2.75, 3.05) is 31.7 Å². The predicted octanol–water partition coefficient (Wildman–Crippen LogP) is 3.90. The maximum Gasteiger partial charge on any atom is 0.247 e. The molecule has 154 valence electrons. The minimum Gasteiger partial charge on any atom is -0.378 e. The van der Waals surface area contributed by atoms with Crippen molar-refractivity contribution in [3.8, 4) is 0 Å². The SMILES string of the molecule is O=C(Nc1ccc(Cl)c(Cl)c1)C1CCCCN1C(=O)CCOCC1CCCO1. The maximum absolute atomic E-state index is 12.8. The number of rotatable bonds is 7. The summed E-state index contributed by atoms with van der Waals surface area (Å²) in [5.74, 6) is -0.256. The molecule has 0 bridgehead atoms. The van der Waals surface area contributed by atoms with Crippen molar-refractivity contribution in [1.82, 2.24) is 4.90 Å². The van der Waals surface area contributed by atoms with Crippen molar-refractivity contribution >= 4 is 40.7 Å². The molecule has 2 atom stereocenters. The van der Waals surface area contributed by atoms with E-state index in [0.29, 0.717) is 41.9 Å².